The zero-order valence-corrected chi connectivity index (χ0v) is 16.3. The van der Waals surface area contributed by atoms with Gasteiger partial charge in [0.15, 0.2) is 0 Å². The number of quaternary nitrogens is 1. The maximum Gasteiger partial charge on any atom is 0.258 e. The average molecular weight is 375 g/mol. The SMILES string of the molecule is CCC[NH+]1CCN(C(=O)c2cn(-c3ccccc3)nc2-c2ccccc2)CC1. The smallest absolute Gasteiger partial charge is 0.258 e. The maximum atomic E-state index is 13.4. The molecule has 1 aromatic heterocycles. The van der Waals surface area contributed by atoms with E-state index in [-0.39, 0.29) is 5.91 Å². The van der Waals surface area contributed by atoms with Gasteiger partial charge in [-0.2, -0.15) is 5.10 Å². The van der Waals surface area contributed by atoms with Crippen LogP contribution in [0.4, 0.5) is 0 Å². The Hall–Kier alpha value is -2.92. The van der Waals surface area contributed by atoms with Crippen molar-refractivity contribution >= 4 is 5.91 Å². The highest BCUT2D eigenvalue weighted by atomic mass is 16.2. The Kier molecular flexibility index (Phi) is 5.53. The standard InChI is InChI=1S/C23H26N4O/c1-2-13-25-14-16-26(17-15-25)23(28)21-18-27(20-11-7-4-8-12-20)24-22(21)19-9-5-3-6-10-19/h3-12,18H,2,13-17H2,1H3/p+1. The molecule has 1 saturated heterocycles. The summed E-state index contributed by atoms with van der Waals surface area (Å²) in [5.41, 5.74) is 3.35. The van der Waals surface area contributed by atoms with Gasteiger partial charge in [-0.25, -0.2) is 4.68 Å². The van der Waals surface area contributed by atoms with Gasteiger partial charge in [-0.3, -0.25) is 4.79 Å². The van der Waals surface area contributed by atoms with Crippen LogP contribution < -0.4 is 4.90 Å². The van der Waals surface area contributed by atoms with Crippen LogP contribution in [0.2, 0.25) is 0 Å². The second-order valence-corrected chi connectivity index (χ2v) is 7.33. The second kappa shape index (κ2) is 8.40. The van der Waals surface area contributed by atoms with Crippen molar-refractivity contribution in [3.05, 3.63) is 72.4 Å². The van der Waals surface area contributed by atoms with Gasteiger partial charge in [-0.05, 0) is 18.6 Å². The van der Waals surface area contributed by atoms with E-state index in [0.717, 1.165) is 43.1 Å². The summed E-state index contributed by atoms with van der Waals surface area (Å²) in [6, 6.07) is 19.9. The van der Waals surface area contributed by atoms with Crippen molar-refractivity contribution in [2.75, 3.05) is 32.7 Å². The molecule has 4 rings (SSSR count). The van der Waals surface area contributed by atoms with Crippen LogP contribution in [0.5, 0.6) is 0 Å². The molecule has 0 bridgehead atoms. The highest BCUT2D eigenvalue weighted by molar-refractivity contribution is 6.00. The summed E-state index contributed by atoms with van der Waals surface area (Å²) < 4.78 is 1.81. The van der Waals surface area contributed by atoms with Crippen molar-refractivity contribution < 1.29 is 9.69 Å². The molecule has 2 aromatic carbocycles. The fourth-order valence-corrected chi connectivity index (χ4v) is 3.85. The molecule has 1 N–H and O–H groups in total. The van der Waals surface area contributed by atoms with Crippen molar-refractivity contribution in [2.24, 2.45) is 0 Å². The summed E-state index contributed by atoms with van der Waals surface area (Å²) in [5, 5.41) is 4.77. The number of para-hydroxylation sites is 1. The minimum Gasteiger partial charge on any atom is -0.332 e. The van der Waals surface area contributed by atoms with Gasteiger partial charge in [0.2, 0.25) is 0 Å². The molecule has 1 aliphatic heterocycles. The number of nitrogens with zero attached hydrogens (tertiary/aromatic N) is 3. The highest BCUT2D eigenvalue weighted by Gasteiger charge is 2.27. The Labute approximate surface area is 166 Å². The van der Waals surface area contributed by atoms with E-state index >= 15 is 0 Å². The first-order valence-corrected chi connectivity index (χ1v) is 10.1. The lowest BCUT2D eigenvalue weighted by Crippen LogP contribution is -3.14. The third-order valence-corrected chi connectivity index (χ3v) is 5.37. The molecular formula is C23H27N4O+. The number of hydrogen-bond donors (Lipinski definition) is 1. The van der Waals surface area contributed by atoms with E-state index in [1.54, 1.807) is 4.90 Å². The van der Waals surface area contributed by atoms with Crippen LogP contribution in [0.1, 0.15) is 23.7 Å². The first-order chi connectivity index (χ1) is 13.8. The zero-order chi connectivity index (χ0) is 19.3. The molecule has 1 aliphatic rings. The maximum absolute atomic E-state index is 13.4. The van der Waals surface area contributed by atoms with Gasteiger partial charge in [-0.1, -0.05) is 55.5 Å². The molecule has 0 aliphatic carbocycles. The molecule has 144 valence electrons. The van der Waals surface area contributed by atoms with Gasteiger partial charge >= 0.3 is 0 Å². The van der Waals surface area contributed by atoms with E-state index in [1.165, 1.54) is 13.0 Å². The fourth-order valence-electron chi connectivity index (χ4n) is 3.85. The molecule has 5 nitrogen and oxygen atoms in total. The second-order valence-electron chi connectivity index (χ2n) is 7.33. The number of carbonyl (C=O) groups excluding carboxylic acids is 1. The number of aromatic nitrogens is 2. The van der Waals surface area contributed by atoms with Crippen LogP contribution >= 0.6 is 0 Å². The lowest BCUT2D eigenvalue weighted by atomic mass is 10.1. The van der Waals surface area contributed by atoms with E-state index in [2.05, 4.69) is 6.92 Å². The Bertz CT molecular complexity index is 912. The van der Waals surface area contributed by atoms with Gasteiger partial charge in [0.25, 0.3) is 5.91 Å². The Balaban J connectivity index is 1.65. The lowest BCUT2D eigenvalue weighted by molar-refractivity contribution is -0.904. The van der Waals surface area contributed by atoms with Crippen molar-refractivity contribution in [2.45, 2.75) is 13.3 Å². The summed E-state index contributed by atoms with van der Waals surface area (Å²) in [5.74, 6) is 0.0802. The predicted octanol–water partition coefficient (Wildman–Crippen LogP) is 2.29. The summed E-state index contributed by atoms with van der Waals surface area (Å²) >= 11 is 0. The van der Waals surface area contributed by atoms with Crippen molar-refractivity contribution in [3.8, 4) is 16.9 Å². The van der Waals surface area contributed by atoms with E-state index < -0.39 is 0 Å². The third kappa shape index (κ3) is 3.85. The van der Waals surface area contributed by atoms with Crippen LogP contribution in [-0.4, -0.2) is 53.3 Å². The molecular weight excluding hydrogens is 348 g/mol. The van der Waals surface area contributed by atoms with Gasteiger partial charge < -0.3 is 9.80 Å². The minimum absolute atomic E-state index is 0.0802. The van der Waals surface area contributed by atoms with Crippen LogP contribution in [0.15, 0.2) is 66.9 Å². The number of piperazine rings is 1. The number of rotatable bonds is 5. The molecule has 0 saturated carbocycles. The van der Waals surface area contributed by atoms with Crippen LogP contribution in [0, 0.1) is 0 Å². The Morgan fingerprint density at radius 1 is 1.00 bits per heavy atom. The summed E-state index contributed by atoms with van der Waals surface area (Å²) in [7, 11) is 0. The molecule has 0 radical (unpaired) electrons. The summed E-state index contributed by atoms with van der Waals surface area (Å²) in [4.78, 5) is 16.9. The van der Waals surface area contributed by atoms with E-state index in [1.807, 2.05) is 76.4 Å². The largest absolute Gasteiger partial charge is 0.332 e. The lowest BCUT2D eigenvalue weighted by Gasteiger charge is -2.32. The van der Waals surface area contributed by atoms with Crippen molar-refractivity contribution in [1.29, 1.82) is 0 Å². The summed E-state index contributed by atoms with van der Waals surface area (Å²) in [6.07, 6.45) is 3.07. The van der Waals surface area contributed by atoms with Crippen molar-refractivity contribution in [3.63, 3.8) is 0 Å². The third-order valence-electron chi connectivity index (χ3n) is 5.37. The number of nitrogens with one attached hydrogen (secondary N) is 1. The van der Waals surface area contributed by atoms with E-state index in [4.69, 9.17) is 5.10 Å². The van der Waals surface area contributed by atoms with Gasteiger partial charge in [0, 0.05) is 11.8 Å². The molecule has 0 unspecified atom stereocenters. The Morgan fingerprint density at radius 2 is 1.64 bits per heavy atom. The molecule has 0 spiro atoms. The van der Waals surface area contributed by atoms with E-state index in [9.17, 15) is 4.79 Å². The fraction of sp³-hybridized carbons (Fsp3) is 0.304. The number of hydrogen-bond acceptors (Lipinski definition) is 2. The minimum atomic E-state index is 0.0802. The predicted molar refractivity (Wildman–Crippen MR) is 111 cm³/mol. The molecule has 28 heavy (non-hydrogen) atoms. The zero-order valence-electron chi connectivity index (χ0n) is 16.3. The van der Waals surface area contributed by atoms with Gasteiger partial charge in [-0.15, -0.1) is 0 Å². The Morgan fingerprint density at radius 3 is 2.29 bits per heavy atom. The number of carbonyl (C=O) groups is 1. The summed E-state index contributed by atoms with van der Waals surface area (Å²) in [6.45, 7) is 7.05. The van der Waals surface area contributed by atoms with Crippen LogP contribution in [-0.2, 0) is 0 Å². The highest BCUT2D eigenvalue weighted by Crippen LogP contribution is 2.25. The first-order valence-electron chi connectivity index (χ1n) is 10.1. The van der Waals surface area contributed by atoms with Crippen molar-refractivity contribution in [1.82, 2.24) is 14.7 Å². The number of benzene rings is 2. The molecule has 1 amide bonds. The molecule has 1 fully saturated rings. The first kappa shape index (κ1) is 18.4. The number of amides is 1. The van der Waals surface area contributed by atoms with Gasteiger partial charge in [0.1, 0.15) is 5.69 Å². The topological polar surface area (TPSA) is 42.6 Å². The molecule has 3 aromatic rings. The normalized spacial score (nSPS) is 15.0. The molecule has 2 heterocycles. The average Bonchev–Trinajstić information content (AvgIpc) is 3.21. The van der Waals surface area contributed by atoms with Gasteiger partial charge in [0.05, 0.1) is 44.0 Å². The monoisotopic (exact) mass is 375 g/mol. The van der Waals surface area contributed by atoms with Crippen LogP contribution in [0.3, 0.4) is 0 Å². The van der Waals surface area contributed by atoms with E-state index in [0.29, 0.717) is 5.56 Å². The molecule has 0 atom stereocenters. The quantitative estimate of drug-likeness (QED) is 0.744. The molecule has 5 heteroatoms. The van der Waals surface area contributed by atoms with Crippen LogP contribution in [0.25, 0.3) is 16.9 Å².